The van der Waals surface area contributed by atoms with Crippen molar-refractivity contribution in [3.63, 3.8) is 0 Å². The number of ether oxygens (including phenoxy) is 1. The molecule has 3 N–H and O–H groups in total. The highest BCUT2D eigenvalue weighted by Crippen LogP contribution is 2.37. The molecule has 1 saturated carbocycles. The molecule has 7 nitrogen and oxygen atoms in total. The van der Waals surface area contributed by atoms with E-state index in [-0.39, 0.29) is 30.2 Å². The van der Waals surface area contributed by atoms with Gasteiger partial charge in [-0.1, -0.05) is 12.2 Å². The maximum atomic E-state index is 14.0. The predicted molar refractivity (Wildman–Crippen MR) is 128 cm³/mol. The maximum Gasteiger partial charge on any atom is 0.197 e. The molecule has 3 aliphatic rings. The Morgan fingerprint density at radius 1 is 0.941 bits per heavy atom. The number of aromatic hydroxyl groups is 2. The summed E-state index contributed by atoms with van der Waals surface area (Å²) in [7, 11) is 0. The smallest absolute Gasteiger partial charge is 0.197 e. The van der Waals surface area contributed by atoms with E-state index >= 15 is 0 Å². The molecule has 1 unspecified atom stereocenters. The summed E-state index contributed by atoms with van der Waals surface area (Å²) in [5, 5.41) is 31.7. The zero-order valence-electron chi connectivity index (χ0n) is 19.5. The first-order valence-electron chi connectivity index (χ1n) is 12.4. The minimum atomic E-state index is -0.736. The van der Waals surface area contributed by atoms with E-state index < -0.39 is 6.10 Å². The van der Waals surface area contributed by atoms with Crippen LogP contribution in [0.3, 0.4) is 0 Å². The fourth-order valence-corrected chi connectivity index (χ4v) is 5.46. The van der Waals surface area contributed by atoms with Crippen molar-refractivity contribution in [1.29, 1.82) is 0 Å². The quantitative estimate of drug-likeness (QED) is 0.538. The van der Waals surface area contributed by atoms with E-state index in [9.17, 15) is 19.7 Å². The lowest BCUT2D eigenvalue weighted by molar-refractivity contribution is 0.0907. The summed E-state index contributed by atoms with van der Waals surface area (Å²) in [5.74, 6) is 0.567. The Hall–Kier alpha value is -2.71. The molecular formula is C26H34FN3O4. The number of hydrogen-bond acceptors (Lipinski definition) is 6. The number of fused-ring (bicyclic) bond motifs is 1. The van der Waals surface area contributed by atoms with Crippen molar-refractivity contribution in [2.45, 2.75) is 57.3 Å². The van der Waals surface area contributed by atoms with Crippen LogP contribution < -0.4 is 9.64 Å². The molecule has 0 amide bonds. The molecule has 1 atom stereocenters. The molecule has 184 valence electrons. The third-order valence-electron chi connectivity index (χ3n) is 7.32. The minimum Gasteiger partial charge on any atom is -0.494 e. The maximum absolute atomic E-state index is 14.0. The first kappa shape index (κ1) is 23.1. The summed E-state index contributed by atoms with van der Waals surface area (Å²) in [6.45, 7) is 3.42. The summed E-state index contributed by atoms with van der Waals surface area (Å²) >= 11 is 0. The molecule has 0 spiro atoms. The molecule has 34 heavy (non-hydrogen) atoms. The largest absolute Gasteiger partial charge is 0.494 e. The Kier molecular flexibility index (Phi) is 6.70. The van der Waals surface area contributed by atoms with Gasteiger partial charge in [-0.05, 0) is 50.7 Å². The lowest BCUT2D eigenvalue weighted by Crippen LogP contribution is -2.49. The van der Waals surface area contributed by atoms with E-state index in [0.29, 0.717) is 32.5 Å². The average Bonchev–Trinajstić information content (AvgIpc) is 3.44. The standard InChI is InChI=1S/C26H34FN3O4/c27-18-9-10-24(34-20-5-1-2-6-20)23(15-18)29-13-11-28(12-14-29)16-19(31)17-30-25(32)21-7-3-4-8-22(21)26(30)33/h3-4,9-10,15,19-20,31-33H,1-2,5-8,11-14,16-17H2. The first-order chi connectivity index (χ1) is 16.5. The normalized spacial score (nSPS) is 20.0. The monoisotopic (exact) mass is 471 g/mol. The van der Waals surface area contributed by atoms with E-state index in [0.717, 1.165) is 48.5 Å². The van der Waals surface area contributed by atoms with Crippen molar-refractivity contribution in [2.75, 3.05) is 37.6 Å². The molecule has 2 fully saturated rings. The van der Waals surface area contributed by atoms with Crippen LogP contribution in [0.2, 0.25) is 0 Å². The van der Waals surface area contributed by atoms with Crippen molar-refractivity contribution in [3.05, 3.63) is 47.3 Å². The van der Waals surface area contributed by atoms with Gasteiger partial charge in [0.25, 0.3) is 0 Å². The zero-order chi connectivity index (χ0) is 23.7. The third kappa shape index (κ3) is 4.74. The molecule has 1 aromatic heterocycles. The van der Waals surface area contributed by atoms with Gasteiger partial charge in [0.1, 0.15) is 11.6 Å². The minimum absolute atomic E-state index is 0.0432. The number of allylic oxidation sites excluding steroid dienone is 2. The number of anilines is 1. The molecule has 1 saturated heterocycles. The van der Waals surface area contributed by atoms with Gasteiger partial charge in [0.15, 0.2) is 11.8 Å². The van der Waals surface area contributed by atoms with Crippen LogP contribution in [0.1, 0.15) is 36.8 Å². The Bertz CT molecular complexity index is 1010. The summed E-state index contributed by atoms with van der Waals surface area (Å²) in [5.41, 5.74) is 2.28. The van der Waals surface area contributed by atoms with Gasteiger partial charge in [-0.25, -0.2) is 4.39 Å². The first-order valence-corrected chi connectivity index (χ1v) is 12.4. The molecule has 2 aliphatic carbocycles. The number of benzene rings is 1. The second kappa shape index (κ2) is 9.88. The summed E-state index contributed by atoms with van der Waals surface area (Å²) < 4.78 is 21.7. The second-order valence-corrected chi connectivity index (χ2v) is 9.67. The summed E-state index contributed by atoms with van der Waals surface area (Å²) in [6.07, 6.45) is 9.07. The Morgan fingerprint density at radius 3 is 2.24 bits per heavy atom. The van der Waals surface area contributed by atoms with Crippen LogP contribution in [-0.4, -0.2) is 69.7 Å². The molecular weight excluding hydrogens is 437 g/mol. The second-order valence-electron chi connectivity index (χ2n) is 9.67. The number of halogens is 1. The number of aliphatic hydroxyl groups is 1. The van der Waals surface area contributed by atoms with Gasteiger partial charge in [-0.2, -0.15) is 0 Å². The molecule has 1 aromatic carbocycles. The Labute approximate surface area is 199 Å². The van der Waals surface area contributed by atoms with Gasteiger partial charge in [-0.15, -0.1) is 0 Å². The summed E-state index contributed by atoms with van der Waals surface area (Å²) in [4.78, 5) is 4.32. The van der Waals surface area contributed by atoms with Crippen LogP contribution in [0.5, 0.6) is 17.5 Å². The Morgan fingerprint density at radius 2 is 1.59 bits per heavy atom. The topological polar surface area (TPSA) is 81.3 Å². The van der Waals surface area contributed by atoms with Crippen molar-refractivity contribution in [2.24, 2.45) is 0 Å². The SMILES string of the molecule is Oc1c2c(c(O)n1CC(O)CN1CCN(c3cc(F)ccc3OC3CCCC3)CC1)CC=CC2. The van der Waals surface area contributed by atoms with E-state index in [2.05, 4.69) is 9.80 Å². The van der Waals surface area contributed by atoms with E-state index in [1.165, 1.54) is 23.5 Å². The van der Waals surface area contributed by atoms with E-state index in [1.807, 2.05) is 12.2 Å². The fourth-order valence-electron chi connectivity index (χ4n) is 5.46. The highest BCUT2D eigenvalue weighted by atomic mass is 19.1. The van der Waals surface area contributed by atoms with Gasteiger partial charge in [0, 0.05) is 49.9 Å². The van der Waals surface area contributed by atoms with Crippen molar-refractivity contribution >= 4 is 5.69 Å². The highest BCUT2D eigenvalue weighted by molar-refractivity contribution is 5.59. The number of aromatic nitrogens is 1. The summed E-state index contributed by atoms with van der Waals surface area (Å²) in [6, 6.07) is 4.76. The number of hydrogen-bond donors (Lipinski definition) is 3. The van der Waals surface area contributed by atoms with Crippen molar-refractivity contribution < 1.29 is 24.4 Å². The third-order valence-corrected chi connectivity index (χ3v) is 7.32. The van der Waals surface area contributed by atoms with Gasteiger partial charge < -0.3 is 25.0 Å². The Balaban J connectivity index is 1.18. The predicted octanol–water partition coefficient (Wildman–Crippen LogP) is 3.20. The lowest BCUT2D eigenvalue weighted by atomic mass is 10.0. The van der Waals surface area contributed by atoms with E-state index in [4.69, 9.17) is 4.74 Å². The molecule has 0 radical (unpaired) electrons. The average molecular weight is 472 g/mol. The number of aliphatic hydroxyl groups excluding tert-OH is 1. The van der Waals surface area contributed by atoms with Gasteiger partial charge in [0.05, 0.1) is 24.4 Å². The molecule has 5 rings (SSSR count). The van der Waals surface area contributed by atoms with Crippen molar-refractivity contribution in [1.82, 2.24) is 9.47 Å². The molecule has 0 bridgehead atoms. The van der Waals surface area contributed by atoms with Crippen LogP contribution in [0.4, 0.5) is 10.1 Å². The highest BCUT2D eigenvalue weighted by Gasteiger charge is 2.27. The molecule has 8 heteroatoms. The van der Waals surface area contributed by atoms with Gasteiger partial charge >= 0.3 is 0 Å². The molecule has 1 aliphatic heterocycles. The van der Waals surface area contributed by atoms with Gasteiger partial charge in [-0.3, -0.25) is 9.47 Å². The van der Waals surface area contributed by atoms with Gasteiger partial charge in [0.2, 0.25) is 0 Å². The van der Waals surface area contributed by atoms with Crippen LogP contribution in [0.15, 0.2) is 30.4 Å². The number of rotatable bonds is 7. The fraction of sp³-hybridized carbons (Fsp3) is 0.538. The number of piperazine rings is 1. The number of β-amino-alcohol motifs (C(OH)–C–C–N with tert-alkyl or cyclic N) is 1. The van der Waals surface area contributed by atoms with Crippen LogP contribution in [0.25, 0.3) is 0 Å². The molecule has 2 aromatic rings. The molecule has 2 heterocycles. The van der Waals surface area contributed by atoms with Crippen LogP contribution in [0, 0.1) is 5.82 Å². The van der Waals surface area contributed by atoms with Crippen LogP contribution in [-0.2, 0) is 19.4 Å². The van der Waals surface area contributed by atoms with Crippen molar-refractivity contribution in [3.8, 4) is 17.5 Å². The van der Waals surface area contributed by atoms with Crippen LogP contribution >= 0.6 is 0 Å². The number of nitrogens with zero attached hydrogens (tertiary/aromatic N) is 3. The zero-order valence-corrected chi connectivity index (χ0v) is 19.5. The van der Waals surface area contributed by atoms with E-state index in [1.54, 1.807) is 12.1 Å². The lowest BCUT2D eigenvalue weighted by Gasteiger charge is -2.37.